The fraction of sp³-hybridized carbons (Fsp3) is 0.909. The number of carbonyl (C=O) groups excluding carboxylic acids is 1. The van der Waals surface area contributed by atoms with E-state index in [1.54, 1.807) is 7.11 Å². The van der Waals surface area contributed by atoms with Gasteiger partial charge in [-0.25, -0.2) is 0 Å². The minimum atomic E-state index is -0.448. The molecule has 0 fully saturated rings. The predicted octanol–water partition coefficient (Wildman–Crippen LogP) is 1.15. The van der Waals surface area contributed by atoms with E-state index in [9.17, 15) is 4.79 Å². The lowest BCUT2D eigenvalue weighted by Crippen LogP contribution is -2.34. The Kier molecular flexibility index (Phi) is 5.83. The van der Waals surface area contributed by atoms with E-state index < -0.39 is 5.41 Å². The molecule has 4 nitrogen and oxygen atoms in total. The third-order valence-corrected chi connectivity index (χ3v) is 1.91. The molecule has 0 aliphatic heterocycles. The summed E-state index contributed by atoms with van der Waals surface area (Å²) >= 11 is 0. The topological polar surface area (TPSA) is 38.8 Å². The molecule has 0 radical (unpaired) electrons. The highest BCUT2D eigenvalue weighted by molar-refractivity contribution is 5.75. The second-order valence-electron chi connectivity index (χ2n) is 4.97. The van der Waals surface area contributed by atoms with E-state index in [-0.39, 0.29) is 12.1 Å². The Hall–Kier alpha value is -0.610. The molecule has 0 amide bonds. The molecule has 0 aromatic rings. The van der Waals surface area contributed by atoms with E-state index in [1.165, 1.54) is 0 Å². The second kappa shape index (κ2) is 6.08. The Bertz CT molecular complexity index is 196. The Labute approximate surface area is 92.5 Å². The van der Waals surface area contributed by atoms with Crippen LogP contribution in [0.4, 0.5) is 0 Å². The van der Waals surface area contributed by atoms with E-state index in [1.807, 2.05) is 39.8 Å². The number of carbonyl (C=O) groups is 1. The third-order valence-electron chi connectivity index (χ3n) is 1.91. The van der Waals surface area contributed by atoms with Gasteiger partial charge < -0.3 is 14.4 Å². The molecule has 0 rings (SSSR count). The fourth-order valence-electron chi connectivity index (χ4n) is 0.988. The van der Waals surface area contributed by atoms with Gasteiger partial charge in [0.15, 0.2) is 0 Å². The normalized spacial score (nSPS) is 14.1. The summed E-state index contributed by atoms with van der Waals surface area (Å²) < 4.78 is 10.4. The van der Waals surface area contributed by atoms with E-state index in [0.717, 1.165) is 6.54 Å². The fourth-order valence-corrected chi connectivity index (χ4v) is 0.988. The SMILES string of the molecule is CO[C@@H](COC(=O)C(C)(C)C)CN(C)C. The quantitative estimate of drug-likeness (QED) is 0.648. The molecular weight excluding hydrogens is 194 g/mol. The summed E-state index contributed by atoms with van der Waals surface area (Å²) in [6.45, 7) is 6.56. The summed E-state index contributed by atoms with van der Waals surface area (Å²) in [5, 5.41) is 0. The molecule has 0 saturated carbocycles. The maximum atomic E-state index is 11.5. The van der Waals surface area contributed by atoms with Crippen LogP contribution in [0.5, 0.6) is 0 Å². The van der Waals surface area contributed by atoms with E-state index in [4.69, 9.17) is 9.47 Å². The van der Waals surface area contributed by atoms with E-state index in [2.05, 4.69) is 0 Å². The van der Waals surface area contributed by atoms with Crippen molar-refractivity contribution in [2.45, 2.75) is 26.9 Å². The van der Waals surface area contributed by atoms with Crippen LogP contribution in [0.2, 0.25) is 0 Å². The molecule has 0 aromatic heterocycles. The zero-order valence-corrected chi connectivity index (χ0v) is 10.7. The molecule has 1 atom stereocenters. The number of hydrogen-bond acceptors (Lipinski definition) is 4. The molecule has 0 unspecified atom stereocenters. The molecule has 0 N–H and O–H groups in total. The average molecular weight is 217 g/mol. The maximum Gasteiger partial charge on any atom is 0.311 e. The predicted molar refractivity (Wildman–Crippen MR) is 59.8 cm³/mol. The van der Waals surface area contributed by atoms with Crippen molar-refractivity contribution in [2.24, 2.45) is 5.41 Å². The van der Waals surface area contributed by atoms with Gasteiger partial charge in [-0.1, -0.05) is 0 Å². The van der Waals surface area contributed by atoms with Crippen LogP contribution in [0, 0.1) is 5.41 Å². The number of likely N-dealkylation sites (N-methyl/N-ethyl adjacent to an activating group) is 1. The summed E-state index contributed by atoms with van der Waals surface area (Å²) in [6.07, 6.45) is -0.0636. The number of esters is 1. The lowest BCUT2D eigenvalue weighted by Gasteiger charge is -2.22. The molecule has 0 spiro atoms. The highest BCUT2D eigenvalue weighted by atomic mass is 16.6. The Morgan fingerprint density at radius 3 is 2.20 bits per heavy atom. The minimum Gasteiger partial charge on any atom is -0.462 e. The van der Waals surface area contributed by atoms with Crippen molar-refractivity contribution in [3.8, 4) is 0 Å². The maximum absolute atomic E-state index is 11.5. The van der Waals surface area contributed by atoms with Crippen molar-refractivity contribution in [3.63, 3.8) is 0 Å². The first-order valence-electron chi connectivity index (χ1n) is 5.12. The van der Waals surface area contributed by atoms with Crippen molar-refractivity contribution in [1.82, 2.24) is 4.90 Å². The number of rotatable bonds is 5. The van der Waals surface area contributed by atoms with Gasteiger partial charge in [0.25, 0.3) is 0 Å². The molecule has 0 saturated heterocycles. The van der Waals surface area contributed by atoms with Gasteiger partial charge in [0.05, 0.1) is 5.41 Å². The molecule has 0 aromatic carbocycles. The zero-order chi connectivity index (χ0) is 12.1. The monoisotopic (exact) mass is 217 g/mol. The summed E-state index contributed by atoms with van der Waals surface area (Å²) in [6, 6.07) is 0. The van der Waals surface area contributed by atoms with Gasteiger partial charge >= 0.3 is 5.97 Å². The van der Waals surface area contributed by atoms with Crippen LogP contribution in [0.3, 0.4) is 0 Å². The zero-order valence-electron chi connectivity index (χ0n) is 10.7. The van der Waals surface area contributed by atoms with E-state index >= 15 is 0 Å². The Morgan fingerprint density at radius 1 is 1.33 bits per heavy atom. The summed E-state index contributed by atoms with van der Waals surface area (Å²) in [4.78, 5) is 13.5. The molecule has 4 heteroatoms. The molecule has 0 aliphatic rings. The summed E-state index contributed by atoms with van der Waals surface area (Å²) in [5.74, 6) is -0.191. The summed E-state index contributed by atoms with van der Waals surface area (Å²) in [7, 11) is 5.54. The molecule has 0 bridgehead atoms. The van der Waals surface area contributed by atoms with Crippen molar-refractivity contribution in [3.05, 3.63) is 0 Å². The van der Waals surface area contributed by atoms with Gasteiger partial charge in [0, 0.05) is 13.7 Å². The lowest BCUT2D eigenvalue weighted by molar-refractivity contribution is -0.156. The highest BCUT2D eigenvalue weighted by Gasteiger charge is 2.24. The van der Waals surface area contributed by atoms with Crippen LogP contribution in [0.1, 0.15) is 20.8 Å². The highest BCUT2D eigenvalue weighted by Crippen LogP contribution is 2.15. The molecule has 90 valence electrons. The summed E-state index contributed by atoms with van der Waals surface area (Å²) in [5.41, 5.74) is -0.448. The van der Waals surface area contributed by atoms with Gasteiger partial charge in [-0.2, -0.15) is 0 Å². The van der Waals surface area contributed by atoms with Crippen molar-refractivity contribution >= 4 is 5.97 Å². The number of hydrogen-bond donors (Lipinski definition) is 0. The van der Waals surface area contributed by atoms with Crippen LogP contribution >= 0.6 is 0 Å². The average Bonchev–Trinajstić information content (AvgIpc) is 2.09. The first-order valence-corrected chi connectivity index (χ1v) is 5.12. The van der Waals surface area contributed by atoms with Gasteiger partial charge in [-0.3, -0.25) is 4.79 Å². The smallest absolute Gasteiger partial charge is 0.311 e. The Balaban J connectivity index is 3.96. The van der Waals surface area contributed by atoms with Crippen molar-refractivity contribution < 1.29 is 14.3 Å². The van der Waals surface area contributed by atoms with Crippen LogP contribution in [-0.2, 0) is 14.3 Å². The number of ether oxygens (including phenoxy) is 2. The van der Waals surface area contributed by atoms with Gasteiger partial charge in [0.1, 0.15) is 12.7 Å². The first-order chi connectivity index (χ1) is 6.77. The molecule has 0 aliphatic carbocycles. The first kappa shape index (κ1) is 14.4. The molecule has 15 heavy (non-hydrogen) atoms. The van der Waals surface area contributed by atoms with Crippen LogP contribution in [0.25, 0.3) is 0 Å². The molecule has 0 heterocycles. The lowest BCUT2D eigenvalue weighted by atomic mass is 9.97. The standard InChI is InChI=1S/C11H23NO3/c1-11(2,3)10(13)15-8-9(14-6)7-12(4)5/h9H,7-8H2,1-6H3/t9-/m1/s1. The number of nitrogens with zero attached hydrogens (tertiary/aromatic N) is 1. The largest absolute Gasteiger partial charge is 0.462 e. The van der Waals surface area contributed by atoms with Crippen LogP contribution in [-0.4, -0.2) is 51.3 Å². The van der Waals surface area contributed by atoms with Gasteiger partial charge in [0.2, 0.25) is 0 Å². The van der Waals surface area contributed by atoms with Crippen LogP contribution < -0.4 is 0 Å². The Morgan fingerprint density at radius 2 is 1.87 bits per heavy atom. The number of methoxy groups -OCH3 is 1. The van der Waals surface area contributed by atoms with Gasteiger partial charge in [-0.15, -0.1) is 0 Å². The van der Waals surface area contributed by atoms with Gasteiger partial charge in [-0.05, 0) is 34.9 Å². The van der Waals surface area contributed by atoms with Crippen molar-refractivity contribution in [2.75, 3.05) is 34.4 Å². The molecular formula is C11H23NO3. The second-order valence-corrected chi connectivity index (χ2v) is 4.97. The third kappa shape index (κ3) is 6.47. The van der Waals surface area contributed by atoms with E-state index in [0.29, 0.717) is 6.61 Å². The van der Waals surface area contributed by atoms with Crippen molar-refractivity contribution in [1.29, 1.82) is 0 Å². The minimum absolute atomic E-state index is 0.0636. The van der Waals surface area contributed by atoms with Crippen LogP contribution in [0.15, 0.2) is 0 Å².